The smallest absolute Gasteiger partial charge is 0.293 e. The molecular weight excluding hydrogens is 543 g/mol. The predicted molar refractivity (Wildman–Crippen MR) is 126 cm³/mol. The number of carbonyl (C=O) groups is 1. The highest BCUT2D eigenvalue weighted by atomic mass is 79.9. The van der Waals surface area contributed by atoms with Gasteiger partial charge in [-0.3, -0.25) is 10.1 Å². The quantitative estimate of drug-likeness (QED) is 0.282. The summed E-state index contributed by atoms with van der Waals surface area (Å²) in [6, 6.07) is 13.7. The van der Waals surface area contributed by atoms with Crippen LogP contribution in [0.2, 0.25) is 15.1 Å². The number of hydrogen-bond acceptors (Lipinski definition) is 5. The number of amides is 1. The fourth-order valence-electron chi connectivity index (χ4n) is 2.76. The number of hydrogen-bond donors (Lipinski definition) is 1. The van der Waals surface area contributed by atoms with Gasteiger partial charge in [-0.2, -0.15) is 0 Å². The molecule has 0 saturated carbocycles. The number of nitrogens with one attached hydrogen (secondary N) is 1. The topological polar surface area (TPSA) is 82.2 Å². The van der Waals surface area contributed by atoms with E-state index in [0.717, 1.165) is 4.47 Å². The van der Waals surface area contributed by atoms with Gasteiger partial charge in [0.2, 0.25) is 5.95 Å². The van der Waals surface area contributed by atoms with Crippen LogP contribution in [0, 0.1) is 0 Å². The van der Waals surface area contributed by atoms with E-state index in [-0.39, 0.29) is 18.3 Å². The van der Waals surface area contributed by atoms with E-state index in [9.17, 15) is 4.79 Å². The number of ether oxygens (including phenoxy) is 1. The van der Waals surface area contributed by atoms with Crippen LogP contribution in [0.1, 0.15) is 21.9 Å². The van der Waals surface area contributed by atoms with E-state index in [2.05, 4.69) is 31.3 Å². The molecule has 4 aromatic rings. The molecule has 0 atom stereocenters. The molecule has 2 heterocycles. The third-order valence-electron chi connectivity index (χ3n) is 4.29. The van der Waals surface area contributed by atoms with Gasteiger partial charge in [0.15, 0.2) is 5.76 Å². The number of furan rings is 1. The fraction of sp³-hybridized carbons (Fsp3) is 0.0952. The van der Waals surface area contributed by atoms with Crippen molar-refractivity contribution in [1.29, 1.82) is 0 Å². The zero-order valence-electron chi connectivity index (χ0n) is 16.2. The summed E-state index contributed by atoms with van der Waals surface area (Å²) in [6.45, 7) is 0.419. The highest BCUT2D eigenvalue weighted by Crippen LogP contribution is 2.28. The molecule has 0 fully saturated rings. The lowest BCUT2D eigenvalue weighted by atomic mass is 10.2. The van der Waals surface area contributed by atoms with Crippen molar-refractivity contribution in [1.82, 2.24) is 14.8 Å². The second-order valence-corrected chi connectivity index (χ2v) is 8.69. The van der Waals surface area contributed by atoms with Crippen LogP contribution in [0.4, 0.5) is 5.95 Å². The van der Waals surface area contributed by atoms with Crippen molar-refractivity contribution in [3.05, 3.63) is 91.5 Å². The van der Waals surface area contributed by atoms with Crippen LogP contribution in [0.25, 0.3) is 0 Å². The zero-order valence-corrected chi connectivity index (χ0v) is 20.0. The summed E-state index contributed by atoms with van der Waals surface area (Å²) in [5.41, 5.74) is 0.708. The number of carbonyl (C=O) groups excluding carboxylic acids is 1. The predicted octanol–water partition coefficient (Wildman–Crippen LogP) is 6.47. The first-order valence-corrected chi connectivity index (χ1v) is 11.1. The number of aromatic nitrogens is 3. The van der Waals surface area contributed by atoms with Crippen LogP contribution in [-0.2, 0) is 13.2 Å². The van der Waals surface area contributed by atoms with Crippen LogP contribution in [0.3, 0.4) is 0 Å². The zero-order chi connectivity index (χ0) is 22.7. The molecule has 2 aromatic heterocycles. The van der Waals surface area contributed by atoms with Gasteiger partial charge in [0.25, 0.3) is 5.91 Å². The van der Waals surface area contributed by atoms with Crippen LogP contribution in [0.5, 0.6) is 5.75 Å². The number of rotatable bonds is 7. The van der Waals surface area contributed by atoms with Crippen molar-refractivity contribution in [3.8, 4) is 5.75 Å². The first-order chi connectivity index (χ1) is 15.4. The largest absolute Gasteiger partial charge is 0.484 e. The number of nitrogens with zero attached hydrogens (tertiary/aromatic N) is 3. The fourth-order valence-corrected chi connectivity index (χ4v) is 4.00. The van der Waals surface area contributed by atoms with Crippen molar-refractivity contribution in [2.75, 3.05) is 5.32 Å². The Balaban J connectivity index is 1.36. The van der Waals surface area contributed by atoms with Gasteiger partial charge < -0.3 is 9.15 Å². The maximum absolute atomic E-state index is 12.5. The number of halogens is 4. The highest BCUT2D eigenvalue weighted by Gasteiger charge is 2.15. The van der Waals surface area contributed by atoms with E-state index >= 15 is 0 Å². The van der Waals surface area contributed by atoms with E-state index in [4.69, 9.17) is 44.0 Å². The summed E-state index contributed by atoms with van der Waals surface area (Å²) in [5, 5.41) is 8.32. The Labute approximate surface area is 206 Å². The van der Waals surface area contributed by atoms with Gasteiger partial charge in [-0.25, -0.2) is 9.67 Å². The lowest BCUT2D eigenvalue weighted by Gasteiger charge is -2.06. The van der Waals surface area contributed by atoms with Crippen molar-refractivity contribution in [2.45, 2.75) is 13.2 Å². The second-order valence-electron chi connectivity index (χ2n) is 6.55. The monoisotopic (exact) mass is 554 g/mol. The molecule has 0 spiro atoms. The Morgan fingerprint density at radius 3 is 2.62 bits per heavy atom. The third-order valence-corrected chi connectivity index (χ3v) is 5.79. The summed E-state index contributed by atoms with van der Waals surface area (Å²) in [5.74, 6) is 0.683. The van der Waals surface area contributed by atoms with Crippen molar-refractivity contribution < 1.29 is 13.9 Å². The first kappa shape index (κ1) is 22.7. The molecule has 0 aliphatic heterocycles. The molecule has 164 valence electrons. The van der Waals surface area contributed by atoms with E-state index in [1.807, 2.05) is 6.07 Å². The standard InChI is InChI=1S/C21H14BrCl3N4O3/c22-12-4-6-18(17(25)8-12)31-10-13-5-7-19(32-13)20(30)27-21-26-11-29(28-21)9-14-15(23)2-1-3-16(14)24/h1-8,11H,9-10H2,(H,27,28,30). The molecule has 1 N–H and O–H groups in total. The van der Waals surface area contributed by atoms with Gasteiger partial charge >= 0.3 is 0 Å². The van der Waals surface area contributed by atoms with E-state index in [0.29, 0.717) is 38.7 Å². The molecule has 0 unspecified atom stereocenters. The van der Waals surface area contributed by atoms with Crippen LogP contribution < -0.4 is 10.1 Å². The maximum Gasteiger partial charge on any atom is 0.293 e. The molecule has 1 amide bonds. The molecule has 32 heavy (non-hydrogen) atoms. The Morgan fingerprint density at radius 1 is 1.09 bits per heavy atom. The lowest BCUT2D eigenvalue weighted by Crippen LogP contribution is -2.12. The molecule has 2 aromatic carbocycles. The number of anilines is 1. The van der Waals surface area contributed by atoms with Crippen molar-refractivity contribution in [3.63, 3.8) is 0 Å². The van der Waals surface area contributed by atoms with Crippen LogP contribution in [0.15, 0.2) is 63.7 Å². The minimum atomic E-state index is -0.494. The minimum Gasteiger partial charge on any atom is -0.484 e. The third kappa shape index (κ3) is 5.45. The number of benzene rings is 2. The summed E-state index contributed by atoms with van der Waals surface area (Å²) >= 11 is 21.8. The average molecular weight is 557 g/mol. The van der Waals surface area contributed by atoms with E-state index in [1.54, 1.807) is 36.4 Å². The normalized spacial score (nSPS) is 10.9. The molecule has 7 nitrogen and oxygen atoms in total. The van der Waals surface area contributed by atoms with Gasteiger partial charge in [0, 0.05) is 20.1 Å². The van der Waals surface area contributed by atoms with E-state index in [1.165, 1.54) is 17.1 Å². The Kier molecular flexibility index (Phi) is 7.05. The van der Waals surface area contributed by atoms with Gasteiger partial charge in [-0.15, -0.1) is 5.10 Å². The SMILES string of the molecule is O=C(Nc1ncn(Cc2c(Cl)cccc2Cl)n1)c1ccc(COc2ccc(Br)cc2Cl)o1. The first-order valence-electron chi connectivity index (χ1n) is 9.19. The summed E-state index contributed by atoms with van der Waals surface area (Å²) in [7, 11) is 0. The molecule has 0 radical (unpaired) electrons. The molecule has 4 rings (SSSR count). The van der Waals surface area contributed by atoms with Gasteiger partial charge in [0.1, 0.15) is 24.4 Å². The molecular formula is C21H14BrCl3N4O3. The Hall–Kier alpha value is -2.52. The molecule has 11 heteroatoms. The van der Waals surface area contributed by atoms with Crippen molar-refractivity contribution in [2.24, 2.45) is 0 Å². The average Bonchev–Trinajstić information content (AvgIpc) is 3.40. The summed E-state index contributed by atoms with van der Waals surface area (Å²) in [6.07, 6.45) is 1.47. The molecule has 0 saturated heterocycles. The Morgan fingerprint density at radius 2 is 1.88 bits per heavy atom. The lowest BCUT2D eigenvalue weighted by molar-refractivity contribution is 0.0991. The maximum atomic E-state index is 12.5. The second kappa shape index (κ2) is 9.95. The molecule has 0 aliphatic carbocycles. The van der Waals surface area contributed by atoms with Gasteiger partial charge in [0.05, 0.1) is 11.6 Å². The van der Waals surface area contributed by atoms with E-state index < -0.39 is 5.91 Å². The van der Waals surface area contributed by atoms with Crippen LogP contribution >= 0.6 is 50.7 Å². The summed E-state index contributed by atoms with van der Waals surface area (Å²) in [4.78, 5) is 16.6. The van der Waals surface area contributed by atoms with Crippen LogP contribution in [-0.4, -0.2) is 20.7 Å². The van der Waals surface area contributed by atoms with Crippen molar-refractivity contribution >= 4 is 62.6 Å². The molecule has 0 aliphatic rings. The highest BCUT2D eigenvalue weighted by molar-refractivity contribution is 9.10. The minimum absolute atomic E-state index is 0.0935. The van der Waals surface area contributed by atoms with Gasteiger partial charge in [-0.05, 0) is 42.5 Å². The van der Waals surface area contributed by atoms with Gasteiger partial charge in [-0.1, -0.05) is 56.8 Å². The Bertz CT molecular complexity index is 1250. The summed E-state index contributed by atoms with van der Waals surface area (Å²) < 4.78 is 13.6. The molecule has 0 bridgehead atoms.